The first-order valence-electron chi connectivity index (χ1n) is 7.92. The average molecular weight is 315 g/mol. The van der Waals surface area contributed by atoms with Gasteiger partial charge in [-0.25, -0.2) is 0 Å². The Morgan fingerprint density at radius 3 is 2.87 bits per heavy atom. The second-order valence-corrected chi connectivity index (χ2v) is 5.97. The fourth-order valence-electron chi connectivity index (χ4n) is 3.06. The van der Waals surface area contributed by atoms with Crippen LogP contribution in [-0.2, 0) is 11.3 Å². The van der Waals surface area contributed by atoms with E-state index in [1.807, 2.05) is 30.3 Å². The van der Waals surface area contributed by atoms with Gasteiger partial charge in [0.1, 0.15) is 6.54 Å². The second kappa shape index (κ2) is 6.87. The molecule has 3 rings (SSSR count). The Morgan fingerprint density at radius 1 is 1.35 bits per heavy atom. The third kappa shape index (κ3) is 3.39. The number of aliphatic hydroxyl groups is 1. The predicted molar refractivity (Wildman–Crippen MR) is 84.2 cm³/mol. The lowest BCUT2D eigenvalue weighted by Crippen LogP contribution is -2.50. The van der Waals surface area contributed by atoms with Crippen LogP contribution >= 0.6 is 0 Å². The zero-order valence-electron chi connectivity index (χ0n) is 13.2. The van der Waals surface area contributed by atoms with Gasteiger partial charge in [-0.05, 0) is 24.0 Å². The molecule has 1 aromatic carbocycles. The summed E-state index contributed by atoms with van der Waals surface area (Å²) in [4.78, 5) is 15.6. The zero-order chi connectivity index (χ0) is 16.2. The average Bonchev–Trinajstić information content (AvgIpc) is 3.04. The number of nitrogens with zero attached hydrogens (tertiary/aromatic N) is 5. The first-order chi connectivity index (χ1) is 11.2. The largest absolute Gasteiger partial charge is 0.394 e. The Balaban J connectivity index is 1.69. The molecule has 1 fully saturated rings. The Labute approximate surface area is 134 Å². The first kappa shape index (κ1) is 15.6. The molecule has 2 heterocycles. The van der Waals surface area contributed by atoms with Crippen LogP contribution in [0, 0.1) is 5.92 Å². The third-order valence-electron chi connectivity index (χ3n) is 4.38. The van der Waals surface area contributed by atoms with Gasteiger partial charge in [-0.2, -0.15) is 4.80 Å². The summed E-state index contributed by atoms with van der Waals surface area (Å²) in [5.41, 5.74) is 0.867. The molecule has 1 N–H and O–H groups in total. The van der Waals surface area contributed by atoms with Crippen LogP contribution in [0.15, 0.2) is 30.3 Å². The van der Waals surface area contributed by atoms with Crippen molar-refractivity contribution in [2.45, 2.75) is 32.4 Å². The number of likely N-dealkylation sites (tertiary alicyclic amines) is 1. The molecule has 1 aliphatic rings. The standard InChI is InChI=1S/C16H21N5O2/c1-12-6-5-9-20(14(12)11-22)15(23)10-21-18-16(17-19-21)13-7-3-2-4-8-13/h2-4,7-8,12,14,22H,5-6,9-11H2,1H3. The highest BCUT2D eigenvalue weighted by Gasteiger charge is 2.31. The summed E-state index contributed by atoms with van der Waals surface area (Å²) in [6, 6.07) is 9.41. The Morgan fingerprint density at radius 2 is 2.13 bits per heavy atom. The highest BCUT2D eigenvalue weighted by atomic mass is 16.3. The van der Waals surface area contributed by atoms with Crippen molar-refractivity contribution in [3.63, 3.8) is 0 Å². The monoisotopic (exact) mass is 315 g/mol. The maximum Gasteiger partial charge on any atom is 0.246 e. The Kier molecular flexibility index (Phi) is 4.66. The van der Waals surface area contributed by atoms with Crippen molar-refractivity contribution in [3.8, 4) is 11.4 Å². The van der Waals surface area contributed by atoms with Crippen molar-refractivity contribution < 1.29 is 9.90 Å². The lowest BCUT2D eigenvalue weighted by molar-refractivity contribution is -0.138. The van der Waals surface area contributed by atoms with Gasteiger partial charge in [-0.3, -0.25) is 4.79 Å². The van der Waals surface area contributed by atoms with Crippen molar-refractivity contribution in [1.82, 2.24) is 25.1 Å². The summed E-state index contributed by atoms with van der Waals surface area (Å²) >= 11 is 0. The second-order valence-electron chi connectivity index (χ2n) is 5.97. The summed E-state index contributed by atoms with van der Waals surface area (Å²) in [6.45, 7) is 2.78. The molecular weight excluding hydrogens is 294 g/mol. The predicted octanol–water partition coefficient (Wildman–Crippen LogP) is 0.959. The van der Waals surface area contributed by atoms with Gasteiger partial charge in [0.15, 0.2) is 0 Å². The minimum absolute atomic E-state index is 0.00699. The fourth-order valence-corrected chi connectivity index (χ4v) is 3.06. The van der Waals surface area contributed by atoms with Gasteiger partial charge >= 0.3 is 0 Å². The van der Waals surface area contributed by atoms with Gasteiger partial charge in [0.2, 0.25) is 11.7 Å². The lowest BCUT2D eigenvalue weighted by Gasteiger charge is -2.38. The number of aliphatic hydroxyl groups excluding tert-OH is 1. The molecule has 2 atom stereocenters. The third-order valence-corrected chi connectivity index (χ3v) is 4.38. The van der Waals surface area contributed by atoms with Crippen LogP contribution in [0.2, 0.25) is 0 Å². The number of carbonyl (C=O) groups is 1. The van der Waals surface area contributed by atoms with Crippen molar-refractivity contribution in [2.24, 2.45) is 5.92 Å². The molecule has 0 saturated carbocycles. The molecule has 7 nitrogen and oxygen atoms in total. The van der Waals surface area contributed by atoms with Gasteiger partial charge in [-0.1, -0.05) is 37.3 Å². The lowest BCUT2D eigenvalue weighted by atomic mass is 9.91. The van der Waals surface area contributed by atoms with Crippen LogP contribution in [0.5, 0.6) is 0 Å². The van der Waals surface area contributed by atoms with Gasteiger partial charge in [0.05, 0.1) is 12.6 Å². The first-order valence-corrected chi connectivity index (χ1v) is 7.92. The van der Waals surface area contributed by atoms with E-state index in [1.54, 1.807) is 4.90 Å². The van der Waals surface area contributed by atoms with Crippen LogP contribution in [0.25, 0.3) is 11.4 Å². The molecule has 0 radical (unpaired) electrons. The smallest absolute Gasteiger partial charge is 0.246 e. The van der Waals surface area contributed by atoms with Crippen LogP contribution < -0.4 is 0 Å². The molecule has 2 aromatic rings. The minimum atomic E-state index is -0.117. The van der Waals surface area contributed by atoms with E-state index in [1.165, 1.54) is 4.80 Å². The topological polar surface area (TPSA) is 84.1 Å². The Bertz CT molecular complexity index is 658. The molecule has 0 aliphatic carbocycles. The summed E-state index contributed by atoms with van der Waals surface area (Å²) in [7, 11) is 0. The maximum atomic E-state index is 12.5. The van der Waals surface area contributed by atoms with Crippen LogP contribution in [0.4, 0.5) is 0 Å². The van der Waals surface area contributed by atoms with Crippen LogP contribution in [0.1, 0.15) is 19.8 Å². The van der Waals surface area contributed by atoms with Crippen LogP contribution in [-0.4, -0.2) is 55.3 Å². The number of benzene rings is 1. The SMILES string of the molecule is CC1CCCN(C(=O)Cn2nnc(-c3ccccc3)n2)C1CO. The summed E-state index contributed by atoms with van der Waals surface area (Å²) in [5.74, 6) is 0.734. The quantitative estimate of drug-likeness (QED) is 0.908. The molecular formula is C16H21N5O2. The van der Waals surface area contributed by atoms with Crippen molar-refractivity contribution in [2.75, 3.05) is 13.2 Å². The molecule has 1 aromatic heterocycles. The van der Waals surface area contributed by atoms with Gasteiger partial charge < -0.3 is 10.0 Å². The number of aromatic nitrogens is 4. The van der Waals surface area contributed by atoms with E-state index in [-0.39, 0.29) is 25.1 Å². The molecule has 2 unspecified atom stereocenters. The molecule has 7 heteroatoms. The fraction of sp³-hybridized carbons (Fsp3) is 0.500. The number of piperidine rings is 1. The van der Waals surface area contributed by atoms with Gasteiger partial charge in [-0.15, -0.1) is 10.2 Å². The van der Waals surface area contributed by atoms with Crippen molar-refractivity contribution in [3.05, 3.63) is 30.3 Å². The van der Waals surface area contributed by atoms with E-state index in [0.29, 0.717) is 18.3 Å². The number of tetrazole rings is 1. The molecule has 1 amide bonds. The summed E-state index contributed by atoms with van der Waals surface area (Å²) in [6.07, 6.45) is 2.00. The number of carbonyl (C=O) groups excluding carboxylic acids is 1. The molecule has 122 valence electrons. The van der Waals surface area contributed by atoms with Crippen molar-refractivity contribution in [1.29, 1.82) is 0 Å². The molecule has 1 aliphatic heterocycles. The summed E-state index contributed by atoms with van der Waals surface area (Å²) in [5, 5.41) is 21.8. The number of hydrogen-bond acceptors (Lipinski definition) is 5. The molecule has 0 bridgehead atoms. The summed E-state index contributed by atoms with van der Waals surface area (Å²) < 4.78 is 0. The maximum absolute atomic E-state index is 12.5. The van der Waals surface area contributed by atoms with E-state index in [4.69, 9.17) is 0 Å². The highest BCUT2D eigenvalue weighted by Crippen LogP contribution is 2.23. The van der Waals surface area contributed by atoms with E-state index in [9.17, 15) is 9.90 Å². The Hall–Kier alpha value is -2.28. The van der Waals surface area contributed by atoms with Crippen LogP contribution in [0.3, 0.4) is 0 Å². The molecule has 23 heavy (non-hydrogen) atoms. The van der Waals surface area contributed by atoms with Crippen molar-refractivity contribution >= 4 is 5.91 Å². The molecule has 0 spiro atoms. The van der Waals surface area contributed by atoms with Gasteiger partial charge in [0.25, 0.3) is 0 Å². The van der Waals surface area contributed by atoms with Gasteiger partial charge in [0, 0.05) is 12.1 Å². The normalized spacial score (nSPS) is 21.4. The number of hydrogen-bond donors (Lipinski definition) is 1. The zero-order valence-corrected chi connectivity index (χ0v) is 13.2. The highest BCUT2D eigenvalue weighted by molar-refractivity contribution is 5.76. The number of amides is 1. The van der Waals surface area contributed by atoms with E-state index in [2.05, 4.69) is 22.3 Å². The minimum Gasteiger partial charge on any atom is -0.394 e. The van der Waals surface area contributed by atoms with E-state index < -0.39 is 0 Å². The number of rotatable bonds is 4. The molecule has 1 saturated heterocycles. The van der Waals surface area contributed by atoms with E-state index in [0.717, 1.165) is 18.4 Å². The van der Waals surface area contributed by atoms with E-state index >= 15 is 0 Å².